The molecular weight excluding hydrogens is 176 g/mol. The van der Waals surface area contributed by atoms with Crippen molar-refractivity contribution in [2.45, 2.75) is 40.7 Å². The summed E-state index contributed by atoms with van der Waals surface area (Å²) in [5.41, 5.74) is -0.776. The molecule has 0 heterocycles. The fourth-order valence-corrected chi connectivity index (χ4v) is 1.51. The van der Waals surface area contributed by atoms with Crippen LogP contribution >= 0.6 is 11.6 Å². The molecule has 1 atom stereocenters. The monoisotopic (exact) mass is 192 g/mol. The lowest BCUT2D eigenvalue weighted by atomic mass is 9.83. The molecule has 12 heavy (non-hydrogen) atoms. The SMILES string of the molecule is CC(C)C(OC(=O)Cl)C(C)(C)C. The van der Waals surface area contributed by atoms with Gasteiger partial charge in [0, 0.05) is 11.6 Å². The van der Waals surface area contributed by atoms with Gasteiger partial charge in [-0.05, 0) is 11.3 Å². The van der Waals surface area contributed by atoms with Crippen molar-refractivity contribution in [2.75, 3.05) is 0 Å². The summed E-state index contributed by atoms with van der Waals surface area (Å²) in [7, 11) is 0. The molecule has 72 valence electrons. The first-order valence-corrected chi connectivity index (χ1v) is 4.49. The third-order valence-corrected chi connectivity index (χ3v) is 1.77. The summed E-state index contributed by atoms with van der Waals surface area (Å²) >= 11 is 5.16. The first-order chi connectivity index (χ1) is 5.25. The van der Waals surface area contributed by atoms with Crippen LogP contribution in [-0.4, -0.2) is 11.5 Å². The lowest BCUT2D eigenvalue weighted by molar-refractivity contribution is 0.0148. The van der Waals surface area contributed by atoms with Crippen molar-refractivity contribution >= 4 is 17.0 Å². The zero-order valence-corrected chi connectivity index (χ0v) is 9.11. The Morgan fingerprint density at radius 3 is 1.83 bits per heavy atom. The summed E-state index contributed by atoms with van der Waals surface area (Å²) in [4.78, 5) is 10.5. The van der Waals surface area contributed by atoms with Crippen molar-refractivity contribution in [1.29, 1.82) is 0 Å². The van der Waals surface area contributed by atoms with Gasteiger partial charge in [-0.15, -0.1) is 0 Å². The quantitative estimate of drug-likeness (QED) is 0.627. The zero-order chi connectivity index (χ0) is 9.94. The Labute approximate surface area is 79.2 Å². The minimum atomic E-state index is -0.719. The molecule has 0 aliphatic rings. The van der Waals surface area contributed by atoms with Crippen molar-refractivity contribution in [3.8, 4) is 0 Å². The molecule has 0 radical (unpaired) electrons. The highest BCUT2D eigenvalue weighted by molar-refractivity contribution is 6.61. The Hall–Kier alpha value is -0.240. The third kappa shape index (κ3) is 3.96. The minimum Gasteiger partial charge on any atom is -0.450 e. The van der Waals surface area contributed by atoms with Gasteiger partial charge in [-0.2, -0.15) is 0 Å². The number of rotatable bonds is 2. The predicted molar refractivity (Wildman–Crippen MR) is 50.4 cm³/mol. The van der Waals surface area contributed by atoms with Crippen molar-refractivity contribution < 1.29 is 9.53 Å². The van der Waals surface area contributed by atoms with Gasteiger partial charge in [0.25, 0.3) is 0 Å². The molecule has 3 heteroatoms. The van der Waals surface area contributed by atoms with Crippen LogP contribution < -0.4 is 0 Å². The number of carbonyl (C=O) groups is 1. The molecule has 0 amide bonds. The van der Waals surface area contributed by atoms with Crippen LogP contribution in [0.1, 0.15) is 34.6 Å². The van der Waals surface area contributed by atoms with Crippen LogP contribution in [0.4, 0.5) is 4.79 Å². The van der Waals surface area contributed by atoms with Gasteiger partial charge in [0.1, 0.15) is 6.10 Å². The minimum absolute atomic E-state index is 0.0568. The number of hydrogen-bond donors (Lipinski definition) is 0. The second kappa shape index (κ2) is 4.13. The van der Waals surface area contributed by atoms with Crippen molar-refractivity contribution in [3.05, 3.63) is 0 Å². The van der Waals surface area contributed by atoms with Crippen LogP contribution in [0.2, 0.25) is 0 Å². The number of carbonyl (C=O) groups excluding carboxylic acids is 1. The summed E-state index contributed by atoms with van der Waals surface area (Å²) in [5.74, 6) is 0.285. The maximum atomic E-state index is 10.5. The normalized spacial score (nSPS) is 14.6. The molecule has 0 rings (SSSR count). The number of hydrogen-bond acceptors (Lipinski definition) is 2. The molecule has 0 aliphatic carbocycles. The van der Waals surface area contributed by atoms with E-state index in [4.69, 9.17) is 16.3 Å². The first-order valence-electron chi connectivity index (χ1n) is 4.11. The molecule has 1 unspecified atom stereocenters. The lowest BCUT2D eigenvalue weighted by Gasteiger charge is -2.32. The van der Waals surface area contributed by atoms with E-state index in [2.05, 4.69) is 0 Å². The van der Waals surface area contributed by atoms with Gasteiger partial charge in [0.05, 0.1) is 0 Å². The molecule has 0 aromatic carbocycles. The van der Waals surface area contributed by atoms with E-state index in [-0.39, 0.29) is 17.4 Å². The average Bonchev–Trinajstić information content (AvgIpc) is 1.79. The number of halogens is 1. The molecule has 0 aromatic rings. The van der Waals surface area contributed by atoms with Gasteiger partial charge in [-0.25, -0.2) is 4.79 Å². The van der Waals surface area contributed by atoms with Crippen molar-refractivity contribution in [3.63, 3.8) is 0 Å². The summed E-state index contributed by atoms with van der Waals surface area (Å²) < 4.78 is 5.00. The van der Waals surface area contributed by atoms with E-state index in [1.807, 2.05) is 34.6 Å². The van der Waals surface area contributed by atoms with Crippen LogP contribution in [0.5, 0.6) is 0 Å². The van der Waals surface area contributed by atoms with Gasteiger partial charge >= 0.3 is 5.43 Å². The predicted octanol–water partition coefficient (Wildman–Crippen LogP) is 3.43. The van der Waals surface area contributed by atoms with E-state index in [0.29, 0.717) is 0 Å². The Bertz CT molecular complexity index is 158. The zero-order valence-electron chi connectivity index (χ0n) is 8.35. The Kier molecular flexibility index (Phi) is 4.04. The highest BCUT2D eigenvalue weighted by Crippen LogP contribution is 2.28. The molecular formula is C9H17ClO2. The summed E-state index contributed by atoms with van der Waals surface area (Å²) in [6, 6.07) is 0. The topological polar surface area (TPSA) is 26.3 Å². The van der Waals surface area contributed by atoms with Gasteiger partial charge in [0.2, 0.25) is 0 Å². The second-order valence-electron chi connectivity index (χ2n) is 4.39. The Morgan fingerprint density at radius 2 is 1.75 bits per heavy atom. The van der Waals surface area contributed by atoms with E-state index in [1.165, 1.54) is 0 Å². The molecule has 0 bridgehead atoms. The largest absolute Gasteiger partial charge is 0.450 e. The van der Waals surface area contributed by atoms with E-state index >= 15 is 0 Å². The van der Waals surface area contributed by atoms with Gasteiger partial charge in [0.15, 0.2) is 0 Å². The van der Waals surface area contributed by atoms with Crippen molar-refractivity contribution in [1.82, 2.24) is 0 Å². The van der Waals surface area contributed by atoms with Crippen LogP contribution in [0.15, 0.2) is 0 Å². The third-order valence-electron chi connectivity index (χ3n) is 1.68. The highest BCUT2D eigenvalue weighted by atomic mass is 35.5. The van der Waals surface area contributed by atoms with E-state index in [9.17, 15) is 4.79 Å². The van der Waals surface area contributed by atoms with Crippen LogP contribution in [0, 0.1) is 11.3 Å². The lowest BCUT2D eigenvalue weighted by Crippen LogP contribution is -2.34. The molecule has 0 saturated heterocycles. The summed E-state index contributed by atoms with van der Waals surface area (Å²) in [5, 5.41) is 0. The molecule has 0 saturated carbocycles. The molecule has 0 spiro atoms. The molecule has 0 aliphatic heterocycles. The van der Waals surface area contributed by atoms with Gasteiger partial charge < -0.3 is 4.74 Å². The maximum absolute atomic E-state index is 10.5. The first kappa shape index (κ1) is 11.8. The smallest absolute Gasteiger partial charge is 0.404 e. The fraction of sp³-hybridized carbons (Fsp3) is 0.889. The second-order valence-corrected chi connectivity index (χ2v) is 4.69. The molecule has 2 nitrogen and oxygen atoms in total. The van der Waals surface area contributed by atoms with Crippen LogP contribution in [0.25, 0.3) is 0 Å². The summed E-state index contributed by atoms with van der Waals surface area (Å²) in [6.07, 6.45) is -0.123. The Balaban J connectivity index is 4.35. The van der Waals surface area contributed by atoms with E-state index in [1.54, 1.807) is 0 Å². The van der Waals surface area contributed by atoms with Crippen LogP contribution in [0.3, 0.4) is 0 Å². The molecule has 0 aromatic heterocycles. The van der Waals surface area contributed by atoms with E-state index < -0.39 is 5.43 Å². The standard InChI is InChI=1S/C9H17ClO2/c1-6(2)7(9(3,4)5)12-8(10)11/h6-7H,1-5H3. The van der Waals surface area contributed by atoms with Gasteiger partial charge in [-0.1, -0.05) is 34.6 Å². The van der Waals surface area contributed by atoms with Crippen LogP contribution in [-0.2, 0) is 4.74 Å². The maximum Gasteiger partial charge on any atom is 0.404 e. The molecule has 0 fully saturated rings. The highest BCUT2D eigenvalue weighted by Gasteiger charge is 2.30. The number of ether oxygens (including phenoxy) is 1. The van der Waals surface area contributed by atoms with Gasteiger partial charge in [-0.3, -0.25) is 0 Å². The average molecular weight is 193 g/mol. The fourth-order valence-electron chi connectivity index (χ4n) is 1.41. The Morgan fingerprint density at radius 1 is 1.33 bits per heavy atom. The van der Waals surface area contributed by atoms with Crippen molar-refractivity contribution in [2.24, 2.45) is 11.3 Å². The summed E-state index contributed by atoms with van der Waals surface area (Å²) in [6.45, 7) is 10.1. The van der Waals surface area contributed by atoms with E-state index in [0.717, 1.165) is 0 Å². The molecule has 0 N–H and O–H groups in total.